The number of carbonyl (C=O) groups excluding carboxylic acids is 4. The number of fused-ring (bicyclic) bond motifs is 1. The zero-order valence-electron chi connectivity index (χ0n) is 31.7. The molecule has 1 N–H and O–H groups in total. The lowest BCUT2D eigenvalue weighted by Crippen LogP contribution is -2.57. The highest BCUT2D eigenvalue weighted by molar-refractivity contribution is 6.03. The third kappa shape index (κ3) is 9.43. The van der Waals surface area contributed by atoms with E-state index in [0.717, 1.165) is 88.3 Å². The van der Waals surface area contributed by atoms with Gasteiger partial charge in [0.2, 0.25) is 5.91 Å². The van der Waals surface area contributed by atoms with Gasteiger partial charge in [-0.15, -0.1) is 6.58 Å². The van der Waals surface area contributed by atoms with Crippen molar-refractivity contribution in [2.75, 3.05) is 64.8 Å². The lowest BCUT2D eigenvalue weighted by Gasteiger charge is -2.47. The zero-order chi connectivity index (χ0) is 38.0. The van der Waals surface area contributed by atoms with Crippen molar-refractivity contribution in [3.63, 3.8) is 0 Å². The third-order valence-electron chi connectivity index (χ3n) is 11.4. The second-order valence-corrected chi connectivity index (χ2v) is 15.0. The summed E-state index contributed by atoms with van der Waals surface area (Å²) >= 11 is 0. The van der Waals surface area contributed by atoms with Gasteiger partial charge in [-0.25, -0.2) is 9.78 Å². The Morgan fingerprint density at radius 2 is 1.85 bits per heavy atom. The second-order valence-electron chi connectivity index (χ2n) is 15.0. The Kier molecular flexibility index (Phi) is 13.3. The predicted octanol–water partition coefficient (Wildman–Crippen LogP) is 5.18. The molecule has 0 aliphatic carbocycles. The van der Waals surface area contributed by atoms with E-state index in [2.05, 4.69) is 31.6 Å². The molecule has 4 unspecified atom stereocenters. The summed E-state index contributed by atoms with van der Waals surface area (Å²) < 4.78 is 5.48. The van der Waals surface area contributed by atoms with Crippen molar-refractivity contribution < 1.29 is 23.9 Å². The number of nitrogens with zero attached hydrogens (tertiary/aromatic N) is 5. The number of ether oxygens (including phenoxy) is 1. The van der Waals surface area contributed by atoms with Crippen molar-refractivity contribution in [2.24, 2.45) is 5.92 Å². The van der Waals surface area contributed by atoms with Crippen LogP contribution in [0.3, 0.4) is 0 Å². The smallest absolute Gasteiger partial charge is 0.340 e. The molecule has 286 valence electrons. The number of carbonyl (C=O) groups is 4. The topological polar surface area (TPSA) is 115 Å². The van der Waals surface area contributed by atoms with Gasteiger partial charge in [0.25, 0.3) is 5.91 Å². The monoisotopic (exact) mass is 734 g/mol. The normalized spacial score (nSPS) is 21.0. The molecule has 4 atom stereocenters. The van der Waals surface area contributed by atoms with Crippen LogP contribution in [0.4, 0.5) is 5.82 Å². The van der Waals surface area contributed by atoms with Crippen molar-refractivity contribution in [1.29, 1.82) is 0 Å². The summed E-state index contributed by atoms with van der Waals surface area (Å²) in [5, 5.41) is 2.65. The number of benzene rings is 2. The van der Waals surface area contributed by atoms with Crippen LogP contribution in [-0.4, -0.2) is 116 Å². The fourth-order valence-electron chi connectivity index (χ4n) is 8.38. The molecule has 11 heteroatoms. The van der Waals surface area contributed by atoms with Gasteiger partial charge in [-0.1, -0.05) is 42.5 Å². The van der Waals surface area contributed by atoms with E-state index in [1.165, 1.54) is 11.3 Å². The number of rotatable bonds is 14. The van der Waals surface area contributed by atoms with Gasteiger partial charge in [-0.2, -0.15) is 0 Å². The molecule has 3 saturated heterocycles. The van der Waals surface area contributed by atoms with Crippen molar-refractivity contribution in [3.05, 3.63) is 107 Å². The number of amides is 2. The molecular formula is C43H54N6O5. The molecule has 0 saturated carbocycles. The fourth-order valence-corrected chi connectivity index (χ4v) is 8.38. The molecule has 4 heterocycles. The van der Waals surface area contributed by atoms with Crippen LogP contribution in [0.15, 0.2) is 79.5 Å². The predicted molar refractivity (Wildman–Crippen MR) is 210 cm³/mol. The van der Waals surface area contributed by atoms with Crippen molar-refractivity contribution in [3.8, 4) is 0 Å². The first-order valence-electron chi connectivity index (χ1n) is 19.3. The average molecular weight is 735 g/mol. The minimum absolute atomic E-state index is 0.239. The molecule has 0 radical (unpaired) electrons. The maximum Gasteiger partial charge on any atom is 0.340 e. The lowest BCUT2D eigenvalue weighted by molar-refractivity contribution is -0.125. The first-order chi connectivity index (χ1) is 26.3. The minimum Gasteiger partial charge on any atom is -0.457 e. The van der Waals surface area contributed by atoms with E-state index in [9.17, 15) is 19.2 Å². The van der Waals surface area contributed by atoms with E-state index in [4.69, 9.17) is 4.74 Å². The Labute approximate surface area is 319 Å². The number of pyridine rings is 1. The molecule has 2 aromatic carbocycles. The van der Waals surface area contributed by atoms with Gasteiger partial charge in [0.1, 0.15) is 18.5 Å². The molecule has 0 bridgehead atoms. The van der Waals surface area contributed by atoms with Crippen LogP contribution in [-0.2, 0) is 16.1 Å². The van der Waals surface area contributed by atoms with Gasteiger partial charge >= 0.3 is 5.97 Å². The number of hydrogen-bond acceptors (Lipinski definition) is 9. The Bertz CT molecular complexity index is 1770. The van der Waals surface area contributed by atoms with Crippen molar-refractivity contribution in [1.82, 2.24) is 25.0 Å². The molecule has 3 fully saturated rings. The molecule has 3 aliphatic rings. The molecular weight excluding hydrogens is 681 g/mol. The van der Waals surface area contributed by atoms with E-state index < -0.39 is 6.04 Å². The lowest BCUT2D eigenvalue weighted by atomic mass is 9.86. The Morgan fingerprint density at radius 3 is 2.59 bits per heavy atom. The second kappa shape index (κ2) is 18.4. The summed E-state index contributed by atoms with van der Waals surface area (Å²) in [7, 11) is 3.18. The maximum absolute atomic E-state index is 13.5. The number of nitrogens with one attached hydrogen (secondary N) is 1. The molecule has 54 heavy (non-hydrogen) atoms. The largest absolute Gasteiger partial charge is 0.457 e. The number of allylic oxidation sites excluding steroid dienone is 1. The van der Waals surface area contributed by atoms with Crippen LogP contribution in [0.5, 0.6) is 0 Å². The quantitative estimate of drug-likeness (QED) is 0.136. The Hall–Kier alpha value is -4.87. The number of hydrogen-bond donors (Lipinski definition) is 1. The number of esters is 1. The van der Waals surface area contributed by atoms with E-state index in [0.29, 0.717) is 41.5 Å². The maximum atomic E-state index is 13.5. The van der Waals surface area contributed by atoms with E-state index in [-0.39, 0.29) is 30.3 Å². The highest BCUT2D eigenvalue weighted by atomic mass is 16.5. The summed E-state index contributed by atoms with van der Waals surface area (Å²) in [6.45, 7) is 10.9. The molecule has 0 spiro atoms. The highest BCUT2D eigenvalue weighted by Gasteiger charge is 2.35. The van der Waals surface area contributed by atoms with Crippen LogP contribution in [0.25, 0.3) is 0 Å². The van der Waals surface area contributed by atoms with Crippen LogP contribution in [0.2, 0.25) is 0 Å². The summed E-state index contributed by atoms with van der Waals surface area (Å²) in [5.41, 5.74) is 3.18. The first-order valence-corrected chi connectivity index (χ1v) is 19.3. The van der Waals surface area contributed by atoms with Crippen LogP contribution >= 0.6 is 0 Å². The average Bonchev–Trinajstić information content (AvgIpc) is 3.22. The molecule has 6 rings (SSSR count). The van der Waals surface area contributed by atoms with Gasteiger partial charge in [0.15, 0.2) is 6.29 Å². The summed E-state index contributed by atoms with van der Waals surface area (Å²) in [5.74, 6) is 0.836. The van der Waals surface area contributed by atoms with E-state index in [1.807, 2.05) is 54.6 Å². The van der Waals surface area contributed by atoms with Crippen molar-refractivity contribution >= 4 is 29.9 Å². The molecule has 1 aromatic heterocycles. The summed E-state index contributed by atoms with van der Waals surface area (Å²) in [4.78, 5) is 64.6. The van der Waals surface area contributed by atoms with Crippen LogP contribution < -0.4 is 10.2 Å². The van der Waals surface area contributed by atoms with Crippen LogP contribution in [0.1, 0.15) is 86.6 Å². The number of anilines is 1. The number of piperazine rings is 1. The number of piperidine rings is 2. The van der Waals surface area contributed by atoms with Gasteiger partial charge in [-0.05, 0) is 92.3 Å². The number of aromatic nitrogens is 1. The number of likely N-dealkylation sites (tertiary alicyclic amines) is 1. The first kappa shape index (κ1) is 38.8. The molecule has 3 aliphatic heterocycles. The van der Waals surface area contributed by atoms with Gasteiger partial charge < -0.3 is 24.8 Å². The van der Waals surface area contributed by atoms with Gasteiger partial charge in [0.05, 0.1) is 11.1 Å². The van der Waals surface area contributed by atoms with Crippen LogP contribution in [0, 0.1) is 5.92 Å². The molecule has 11 nitrogen and oxygen atoms in total. The third-order valence-corrected chi connectivity index (χ3v) is 11.4. The standard InChI is InChI=1S/C43H54N6O5/c1-4-5-13-39(41(51)44-2)46(3)42(52)38-18-15-33(23-36(38)29-50)35-12-9-20-47(27-35)25-32-14-17-37-28-49(22-21-48(37)26-32)40-19-16-34(24-45-40)43(53)54-30-31-10-7-6-8-11-31/h4,6-8,10-11,15-16,18-19,23-24,29,32,35,37,39H,1,5,9,12-14,17,20-22,25-28,30H2,2-3H3,(H,44,51). The van der Waals surface area contributed by atoms with Gasteiger partial charge in [0, 0.05) is 71.2 Å². The SMILES string of the molecule is C=CCCC(C(=O)NC)N(C)C(=O)c1ccc(C2CCCN(CC3CCC4CN(c5ccc(C(=O)OCc6ccccc6)cn5)CCN4C3)C2)cc1C=O. The van der Waals surface area contributed by atoms with Crippen molar-refractivity contribution in [2.45, 2.75) is 63.1 Å². The summed E-state index contributed by atoms with van der Waals surface area (Å²) in [6.07, 6.45) is 9.62. The minimum atomic E-state index is -0.649. The Morgan fingerprint density at radius 1 is 1.02 bits per heavy atom. The number of likely N-dealkylation sites (N-methyl/N-ethyl adjacent to an activating group) is 2. The van der Waals surface area contributed by atoms with E-state index in [1.54, 1.807) is 32.4 Å². The molecule has 2 amide bonds. The number of aldehydes is 1. The fraction of sp³-hybridized carbons (Fsp3) is 0.465. The van der Waals surface area contributed by atoms with E-state index >= 15 is 0 Å². The highest BCUT2D eigenvalue weighted by Crippen LogP contribution is 2.32. The van der Waals surface area contributed by atoms with Gasteiger partial charge in [-0.3, -0.25) is 19.3 Å². The Balaban J connectivity index is 0.992. The zero-order valence-corrected chi connectivity index (χ0v) is 31.7. The summed E-state index contributed by atoms with van der Waals surface area (Å²) in [6, 6.07) is 18.9. The molecule has 3 aromatic rings.